The molecule has 1 aromatic carbocycles. The standard InChI is InChI=1S/C22H32BN3O/c1-17-14-20(4-5-21(17)22(27)25(2)3)26-12-8-19(9-13-26)15-18-6-10-23(16-24)11-7-18/h4-5,14,18-19H,6-13,15H2,1-3H3. The number of aryl methyl sites for hydroxylation is 1. The fourth-order valence-corrected chi connectivity index (χ4v) is 4.75. The van der Waals surface area contributed by atoms with E-state index in [4.69, 9.17) is 5.26 Å². The second-order valence-corrected chi connectivity index (χ2v) is 8.71. The number of anilines is 1. The lowest BCUT2D eigenvalue weighted by Gasteiger charge is -2.36. The van der Waals surface area contributed by atoms with Crippen molar-refractivity contribution in [2.24, 2.45) is 11.8 Å². The second-order valence-electron chi connectivity index (χ2n) is 8.71. The van der Waals surface area contributed by atoms with Crippen molar-refractivity contribution in [1.29, 1.82) is 5.26 Å². The Labute approximate surface area is 164 Å². The molecule has 0 atom stereocenters. The van der Waals surface area contributed by atoms with Crippen LogP contribution in [0.15, 0.2) is 18.2 Å². The molecule has 2 heterocycles. The van der Waals surface area contributed by atoms with Crippen molar-refractivity contribution in [3.05, 3.63) is 29.3 Å². The molecule has 1 amide bonds. The molecule has 5 heteroatoms. The number of nitriles is 1. The van der Waals surface area contributed by atoms with Crippen LogP contribution in [0.3, 0.4) is 0 Å². The van der Waals surface area contributed by atoms with E-state index in [1.165, 1.54) is 37.8 Å². The third kappa shape index (κ3) is 4.86. The van der Waals surface area contributed by atoms with Crippen molar-refractivity contribution in [1.82, 2.24) is 4.90 Å². The van der Waals surface area contributed by atoms with Crippen molar-refractivity contribution in [2.75, 3.05) is 32.1 Å². The first kappa shape index (κ1) is 19.8. The molecule has 3 rings (SSSR count). The van der Waals surface area contributed by atoms with Crippen molar-refractivity contribution in [2.45, 2.75) is 51.7 Å². The highest BCUT2D eigenvalue weighted by Crippen LogP contribution is 2.34. The monoisotopic (exact) mass is 365 g/mol. The highest BCUT2D eigenvalue weighted by Gasteiger charge is 2.28. The van der Waals surface area contributed by atoms with E-state index in [2.05, 4.69) is 23.0 Å². The van der Waals surface area contributed by atoms with Gasteiger partial charge >= 0.3 is 0 Å². The van der Waals surface area contributed by atoms with Crippen LogP contribution >= 0.6 is 0 Å². The van der Waals surface area contributed by atoms with Gasteiger partial charge in [0.2, 0.25) is 0 Å². The van der Waals surface area contributed by atoms with E-state index < -0.39 is 0 Å². The van der Waals surface area contributed by atoms with Gasteiger partial charge in [0.1, 0.15) is 0 Å². The van der Waals surface area contributed by atoms with E-state index >= 15 is 0 Å². The number of rotatable bonds is 4. The van der Waals surface area contributed by atoms with Gasteiger partial charge in [-0.2, -0.15) is 0 Å². The Morgan fingerprint density at radius 2 is 1.81 bits per heavy atom. The molecule has 0 aliphatic carbocycles. The molecule has 0 aromatic heterocycles. The van der Waals surface area contributed by atoms with Gasteiger partial charge in [0.25, 0.3) is 12.6 Å². The van der Waals surface area contributed by atoms with Crippen LogP contribution in [-0.2, 0) is 0 Å². The van der Waals surface area contributed by atoms with E-state index in [1.54, 1.807) is 19.0 Å². The van der Waals surface area contributed by atoms with Crippen LogP contribution < -0.4 is 4.90 Å². The van der Waals surface area contributed by atoms with Crippen LogP contribution in [-0.4, -0.2) is 44.7 Å². The molecular formula is C22H32BN3O. The lowest BCUT2D eigenvalue weighted by molar-refractivity contribution is 0.0827. The molecule has 144 valence electrons. The van der Waals surface area contributed by atoms with Gasteiger partial charge in [0, 0.05) is 44.4 Å². The summed E-state index contributed by atoms with van der Waals surface area (Å²) >= 11 is 0. The SMILES string of the molecule is Cc1cc(N2CCC(CC3CCB(C#N)CC3)CC2)ccc1C(=O)N(C)C. The van der Waals surface area contributed by atoms with Crippen molar-refractivity contribution in [3.63, 3.8) is 0 Å². The Morgan fingerprint density at radius 1 is 1.19 bits per heavy atom. The largest absolute Gasteiger partial charge is 0.372 e. The van der Waals surface area contributed by atoms with Crippen LogP contribution in [0, 0.1) is 30.0 Å². The maximum absolute atomic E-state index is 12.2. The highest BCUT2D eigenvalue weighted by atomic mass is 16.2. The molecular weight excluding hydrogens is 333 g/mol. The number of benzene rings is 1. The van der Waals surface area contributed by atoms with Crippen LogP contribution in [0.1, 0.15) is 48.0 Å². The predicted octanol–water partition coefficient (Wildman–Crippen LogP) is 4.27. The summed E-state index contributed by atoms with van der Waals surface area (Å²) in [5.74, 6) is 4.19. The van der Waals surface area contributed by atoms with Gasteiger partial charge in [-0.25, -0.2) is 5.26 Å². The highest BCUT2D eigenvalue weighted by molar-refractivity contribution is 6.67. The lowest BCUT2D eigenvalue weighted by Crippen LogP contribution is -2.35. The molecule has 0 spiro atoms. The van der Waals surface area contributed by atoms with E-state index in [0.717, 1.165) is 48.7 Å². The van der Waals surface area contributed by atoms with Crippen molar-refractivity contribution < 1.29 is 4.79 Å². The summed E-state index contributed by atoms with van der Waals surface area (Å²) in [6, 6.07) is 6.25. The lowest BCUT2D eigenvalue weighted by atomic mass is 9.41. The van der Waals surface area contributed by atoms with E-state index in [0.29, 0.717) is 6.71 Å². The molecule has 2 fully saturated rings. The topological polar surface area (TPSA) is 47.3 Å². The van der Waals surface area contributed by atoms with Crippen molar-refractivity contribution in [3.8, 4) is 5.97 Å². The Morgan fingerprint density at radius 3 is 2.37 bits per heavy atom. The van der Waals surface area contributed by atoms with Gasteiger partial charge in [0.15, 0.2) is 0 Å². The molecule has 0 radical (unpaired) electrons. The molecule has 0 N–H and O–H groups in total. The number of carbonyl (C=O) groups is 1. The summed E-state index contributed by atoms with van der Waals surface area (Å²) in [7, 11) is 3.60. The smallest absolute Gasteiger partial charge is 0.267 e. The Kier molecular flexibility index (Phi) is 6.47. The van der Waals surface area contributed by atoms with Crippen LogP contribution in [0.5, 0.6) is 0 Å². The third-order valence-corrected chi connectivity index (χ3v) is 6.52. The Hall–Kier alpha value is -1.96. The maximum Gasteiger partial charge on any atom is 0.267 e. The minimum absolute atomic E-state index is 0.0730. The summed E-state index contributed by atoms with van der Waals surface area (Å²) in [6.07, 6.45) is 8.58. The molecule has 2 aliphatic heterocycles. The normalized spacial score (nSPS) is 19.0. The molecule has 0 unspecified atom stereocenters. The van der Waals surface area contributed by atoms with Gasteiger partial charge < -0.3 is 9.80 Å². The zero-order valence-electron chi connectivity index (χ0n) is 17.1. The fourth-order valence-electron chi connectivity index (χ4n) is 4.75. The molecule has 27 heavy (non-hydrogen) atoms. The number of nitrogens with zero attached hydrogens (tertiary/aromatic N) is 3. The number of carbonyl (C=O) groups excluding carboxylic acids is 1. The zero-order chi connectivity index (χ0) is 19.4. The first-order valence-electron chi connectivity index (χ1n) is 10.4. The minimum atomic E-state index is 0.0730. The quantitative estimate of drug-likeness (QED) is 0.749. The molecule has 4 nitrogen and oxygen atoms in total. The van der Waals surface area contributed by atoms with Crippen LogP contribution in [0.4, 0.5) is 5.69 Å². The predicted molar refractivity (Wildman–Crippen MR) is 112 cm³/mol. The van der Waals surface area contributed by atoms with E-state index in [-0.39, 0.29) is 5.91 Å². The molecule has 2 aliphatic rings. The van der Waals surface area contributed by atoms with Gasteiger partial charge in [-0.15, -0.1) is 0 Å². The maximum atomic E-state index is 12.2. The molecule has 1 aromatic rings. The number of hydrogen-bond donors (Lipinski definition) is 0. The van der Waals surface area contributed by atoms with Crippen molar-refractivity contribution >= 4 is 18.3 Å². The van der Waals surface area contributed by atoms with Gasteiger partial charge in [-0.1, -0.05) is 25.5 Å². The third-order valence-electron chi connectivity index (χ3n) is 6.52. The molecule has 2 saturated heterocycles. The van der Waals surface area contributed by atoms with Crippen LogP contribution in [0.25, 0.3) is 0 Å². The second kappa shape index (κ2) is 8.82. The summed E-state index contributed by atoms with van der Waals surface area (Å²) < 4.78 is 0. The summed E-state index contributed by atoms with van der Waals surface area (Å²) in [5.41, 5.74) is 3.10. The number of hydrogen-bond acceptors (Lipinski definition) is 3. The summed E-state index contributed by atoms with van der Waals surface area (Å²) in [5, 5.41) is 9.05. The van der Waals surface area contributed by atoms with Gasteiger partial charge in [-0.3, -0.25) is 4.79 Å². The van der Waals surface area contributed by atoms with Gasteiger partial charge in [-0.05, 0) is 61.8 Å². The first-order valence-corrected chi connectivity index (χ1v) is 10.4. The van der Waals surface area contributed by atoms with Crippen LogP contribution in [0.2, 0.25) is 12.6 Å². The first-order chi connectivity index (χ1) is 13.0. The fraction of sp³-hybridized carbons (Fsp3) is 0.636. The average Bonchev–Trinajstić information content (AvgIpc) is 2.68. The summed E-state index contributed by atoms with van der Waals surface area (Å²) in [4.78, 5) is 16.3. The average molecular weight is 365 g/mol. The molecule has 0 bridgehead atoms. The van der Waals surface area contributed by atoms with Gasteiger partial charge in [0.05, 0.1) is 0 Å². The Balaban J connectivity index is 1.51. The van der Waals surface area contributed by atoms with E-state index in [1.807, 2.05) is 13.0 Å². The number of amides is 1. The van der Waals surface area contributed by atoms with E-state index in [9.17, 15) is 4.79 Å². The summed E-state index contributed by atoms with van der Waals surface area (Å²) in [6.45, 7) is 4.57. The zero-order valence-corrected chi connectivity index (χ0v) is 17.1. The molecule has 0 saturated carbocycles. The number of piperidine rings is 1. The Bertz CT molecular complexity index is 696. The minimum Gasteiger partial charge on any atom is -0.372 e.